The molecule has 4 aromatic rings. The van der Waals surface area contributed by atoms with Crippen molar-refractivity contribution in [3.05, 3.63) is 78.1 Å². The molecule has 3 aromatic heterocycles. The Bertz CT molecular complexity index is 1420. The normalized spacial score (nSPS) is 12.6. The Labute approximate surface area is 189 Å². The van der Waals surface area contributed by atoms with Gasteiger partial charge in [0.15, 0.2) is 14.9 Å². The molecular formula is C22H20FN5O4S. The zero-order valence-corrected chi connectivity index (χ0v) is 18.6. The summed E-state index contributed by atoms with van der Waals surface area (Å²) in [7, 11) is -2.04. The Hall–Kier alpha value is -3.70. The van der Waals surface area contributed by atoms with Crippen LogP contribution in [0.2, 0.25) is 0 Å². The van der Waals surface area contributed by atoms with E-state index in [0.717, 1.165) is 6.26 Å². The van der Waals surface area contributed by atoms with Crippen molar-refractivity contribution in [1.82, 2.24) is 25.1 Å². The number of methoxy groups -OCH3 is 1. The summed E-state index contributed by atoms with van der Waals surface area (Å²) in [5, 5.41) is 7.64. The highest BCUT2D eigenvalue weighted by Crippen LogP contribution is 2.23. The van der Waals surface area contributed by atoms with E-state index in [9.17, 15) is 17.6 Å². The number of fused-ring (bicyclic) bond motifs is 1. The molecule has 0 bridgehead atoms. The molecule has 0 aliphatic heterocycles. The largest absolute Gasteiger partial charge is 0.382 e. The van der Waals surface area contributed by atoms with Crippen molar-refractivity contribution in [3.63, 3.8) is 0 Å². The van der Waals surface area contributed by atoms with Gasteiger partial charge in [-0.15, -0.1) is 0 Å². The van der Waals surface area contributed by atoms with Crippen LogP contribution in [0.4, 0.5) is 4.39 Å². The minimum Gasteiger partial charge on any atom is -0.382 e. The topological polar surface area (TPSA) is 116 Å². The molecule has 0 fully saturated rings. The van der Waals surface area contributed by atoms with Crippen LogP contribution in [-0.2, 0) is 14.6 Å². The fourth-order valence-corrected chi connectivity index (χ4v) is 3.98. The van der Waals surface area contributed by atoms with Gasteiger partial charge in [-0.1, -0.05) is 0 Å². The van der Waals surface area contributed by atoms with Gasteiger partial charge in [0.05, 0.1) is 41.8 Å². The van der Waals surface area contributed by atoms with Gasteiger partial charge < -0.3 is 10.1 Å². The summed E-state index contributed by atoms with van der Waals surface area (Å²) in [6, 6.07) is 8.18. The average Bonchev–Trinajstić information content (AvgIpc) is 3.23. The number of ether oxygens (including phenoxy) is 1. The molecule has 4 rings (SSSR count). The number of hydrogen-bond donors (Lipinski definition) is 1. The van der Waals surface area contributed by atoms with Gasteiger partial charge in [0.25, 0.3) is 5.91 Å². The number of sulfone groups is 1. The number of amides is 1. The molecule has 170 valence electrons. The van der Waals surface area contributed by atoms with Gasteiger partial charge in [0, 0.05) is 31.1 Å². The van der Waals surface area contributed by atoms with Gasteiger partial charge in [0.2, 0.25) is 0 Å². The number of halogens is 1. The Morgan fingerprint density at radius 2 is 1.94 bits per heavy atom. The average molecular weight is 469 g/mol. The first-order valence-corrected chi connectivity index (χ1v) is 11.7. The molecule has 0 aliphatic rings. The molecule has 3 heterocycles. The van der Waals surface area contributed by atoms with Crippen LogP contribution in [0.25, 0.3) is 16.6 Å². The number of nitrogens with one attached hydrogen (secondary N) is 1. The Morgan fingerprint density at radius 3 is 2.64 bits per heavy atom. The molecule has 0 aliphatic carbocycles. The third kappa shape index (κ3) is 4.73. The number of pyridine rings is 2. The van der Waals surface area contributed by atoms with E-state index in [4.69, 9.17) is 4.74 Å². The van der Waals surface area contributed by atoms with Gasteiger partial charge in [-0.2, -0.15) is 5.10 Å². The number of rotatable bonds is 7. The third-order valence-electron chi connectivity index (χ3n) is 4.99. The second kappa shape index (κ2) is 9.04. The summed E-state index contributed by atoms with van der Waals surface area (Å²) in [4.78, 5) is 21.2. The highest BCUT2D eigenvalue weighted by atomic mass is 32.2. The fraction of sp³-hybridized carbons (Fsp3) is 0.182. The van der Waals surface area contributed by atoms with Gasteiger partial charge in [-0.25, -0.2) is 22.5 Å². The number of hydrogen-bond acceptors (Lipinski definition) is 7. The summed E-state index contributed by atoms with van der Waals surface area (Å²) >= 11 is 0. The van der Waals surface area contributed by atoms with E-state index < -0.39 is 21.8 Å². The summed E-state index contributed by atoms with van der Waals surface area (Å²) in [5.41, 5.74) is 2.00. The molecule has 1 aromatic carbocycles. The molecule has 9 nitrogen and oxygen atoms in total. The lowest BCUT2D eigenvalue weighted by Gasteiger charge is -2.19. The van der Waals surface area contributed by atoms with Gasteiger partial charge in [-0.05, 0) is 42.0 Å². The molecule has 33 heavy (non-hydrogen) atoms. The first kappa shape index (κ1) is 22.5. The molecule has 1 atom stereocenters. The van der Waals surface area contributed by atoms with Crippen molar-refractivity contribution in [1.29, 1.82) is 0 Å². The van der Waals surface area contributed by atoms with Crippen molar-refractivity contribution in [2.75, 3.05) is 20.0 Å². The Balaban J connectivity index is 1.67. The molecular weight excluding hydrogens is 449 g/mol. The highest BCUT2D eigenvalue weighted by molar-refractivity contribution is 7.90. The van der Waals surface area contributed by atoms with E-state index in [1.165, 1.54) is 43.9 Å². The van der Waals surface area contributed by atoms with Crippen molar-refractivity contribution in [3.8, 4) is 5.69 Å². The van der Waals surface area contributed by atoms with Crippen LogP contribution in [0.15, 0.2) is 66.2 Å². The monoisotopic (exact) mass is 469 g/mol. The van der Waals surface area contributed by atoms with Gasteiger partial charge in [0.1, 0.15) is 5.82 Å². The molecule has 0 unspecified atom stereocenters. The SMILES string of the molecule is COC[C@H](NC(=O)c1cncc2c1cnn2-c1ccc(F)cc1)c1ccnc(S(C)(=O)=O)c1. The van der Waals surface area contributed by atoms with Crippen molar-refractivity contribution < 1.29 is 22.3 Å². The summed E-state index contributed by atoms with van der Waals surface area (Å²) < 4.78 is 43.8. The maximum Gasteiger partial charge on any atom is 0.254 e. The van der Waals surface area contributed by atoms with Crippen LogP contribution in [0.3, 0.4) is 0 Å². The minimum absolute atomic E-state index is 0.0975. The maximum absolute atomic E-state index is 13.3. The summed E-state index contributed by atoms with van der Waals surface area (Å²) in [6.45, 7) is 0.108. The predicted molar refractivity (Wildman–Crippen MR) is 118 cm³/mol. The standard InChI is InChI=1S/C22H20FN5O4S/c1-32-13-19(14-7-8-25-21(9-14)33(2,30)31)27-22(29)18-10-24-12-20-17(18)11-26-28(20)16-5-3-15(23)4-6-16/h3-12,19H,13H2,1-2H3,(H,27,29)/t19-/m0/s1. The van der Waals surface area contributed by atoms with Crippen LogP contribution >= 0.6 is 0 Å². The smallest absolute Gasteiger partial charge is 0.254 e. The molecule has 0 saturated heterocycles. The molecule has 11 heteroatoms. The quantitative estimate of drug-likeness (QED) is 0.442. The van der Waals surface area contributed by atoms with E-state index in [1.807, 2.05) is 0 Å². The van der Waals surface area contributed by atoms with Crippen LogP contribution in [0.1, 0.15) is 22.0 Å². The van der Waals surface area contributed by atoms with Crippen LogP contribution in [-0.4, -0.2) is 54.0 Å². The number of benzene rings is 1. The van der Waals surface area contributed by atoms with E-state index in [0.29, 0.717) is 22.2 Å². The van der Waals surface area contributed by atoms with Crippen LogP contribution in [0, 0.1) is 5.82 Å². The zero-order chi connectivity index (χ0) is 23.6. The predicted octanol–water partition coefficient (Wildman–Crippen LogP) is 2.48. The first-order valence-electron chi connectivity index (χ1n) is 9.81. The highest BCUT2D eigenvalue weighted by Gasteiger charge is 2.21. The van der Waals surface area contributed by atoms with Crippen molar-refractivity contribution in [2.45, 2.75) is 11.1 Å². The van der Waals surface area contributed by atoms with E-state index in [-0.39, 0.29) is 23.0 Å². The molecule has 1 N–H and O–H groups in total. The molecule has 0 spiro atoms. The Morgan fingerprint density at radius 1 is 1.18 bits per heavy atom. The first-order chi connectivity index (χ1) is 15.8. The van der Waals surface area contributed by atoms with E-state index >= 15 is 0 Å². The van der Waals surface area contributed by atoms with Gasteiger partial charge in [-0.3, -0.25) is 9.78 Å². The van der Waals surface area contributed by atoms with Gasteiger partial charge >= 0.3 is 0 Å². The van der Waals surface area contributed by atoms with Crippen molar-refractivity contribution >= 4 is 26.6 Å². The maximum atomic E-state index is 13.3. The van der Waals surface area contributed by atoms with E-state index in [2.05, 4.69) is 20.4 Å². The number of carbonyl (C=O) groups is 1. The number of carbonyl (C=O) groups excluding carboxylic acids is 1. The number of aromatic nitrogens is 4. The lowest BCUT2D eigenvalue weighted by molar-refractivity contribution is 0.0897. The minimum atomic E-state index is -3.52. The summed E-state index contributed by atoms with van der Waals surface area (Å²) in [5.74, 6) is -0.806. The molecule has 0 radical (unpaired) electrons. The number of nitrogens with zero attached hydrogens (tertiary/aromatic N) is 4. The third-order valence-corrected chi connectivity index (χ3v) is 5.98. The summed E-state index contributed by atoms with van der Waals surface area (Å²) in [6.07, 6.45) is 6.96. The van der Waals surface area contributed by atoms with Crippen molar-refractivity contribution in [2.24, 2.45) is 0 Å². The fourth-order valence-electron chi connectivity index (χ4n) is 3.38. The Kier molecular flexibility index (Phi) is 6.16. The lowest BCUT2D eigenvalue weighted by atomic mass is 10.1. The zero-order valence-electron chi connectivity index (χ0n) is 17.8. The van der Waals surface area contributed by atoms with Crippen LogP contribution in [0.5, 0.6) is 0 Å². The second-order valence-electron chi connectivity index (χ2n) is 7.33. The van der Waals surface area contributed by atoms with E-state index in [1.54, 1.807) is 29.1 Å². The molecule has 1 amide bonds. The molecule has 0 saturated carbocycles. The second-order valence-corrected chi connectivity index (χ2v) is 9.30. The lowest BCUT2D eigenvalue weighted by Crippen LogP contribution is -2.31. The van der Waals surface area contributed by atoms with Crippen LogP contribution < -0.4 is 5.32 Å².